The third-order valence-corrected chi connectivity index (χ3v) is 5.16. The number of carbonyl (C=O) groups is 1. The number of hydrogen-bond donors (Lipinski definition) is 4. The van der Waals surface area contributed by atoms with Crippen LogP contribution in [-0.2, 0) is 12.1 Å². The third-order valence-electron chi connectivity index (χ3n) is 5.16. The van der Waals surface area contributed by atoms with Crippen LogP contribution in [-0.4, -0.2) is 46.3 Å². The van der Waals surface area contributed by atoms with Gasteiger partial charge in [-0.25, -0.2) is 4.98 Å². The topological polar surface area (TPSA) is 147 Å². The molecule has 0 atom stereocenters. The van der Waals surface area contributed by atoms with Crippen LogP contribution in [0.1, 0.15) is 63.5 Å². The monoisotopic (exact) mass is 455 g/mol. The number of carbonyl (C=O) groups excluding carboxylic acids is 1. The molecule has 3 heterocycles. The van der Waals surface area contributed by atoms with Crippen LogP contribution in [0, 0.1) is 5.41 Å². The van der Waals surface area contributed by atoms with Crippen molar-refractivity contribution in [1.82, 2.24) is 29.5 Å². The number of amides is 1. The molecule has 0 spiro atoms. The summed E-state index contributed by atoms with van der Waals surface area (Å²) in [6, 6.07) is 1.63. The van der Waals surface area contributed by atoms with E-state index >= 15 is 0 Å². The number of aromatic nitrogens is 5. The Labute approximate surface area is 190 Å². The van der Waals surface area contributed by atoms with E-state index in [0.717, 1.165) is 17.4 Å². The minimum absolute atomic E-state index is 0.0309. The number of aliphatic hydroxyl groups is 1. The average molecular weight is 456 g/mol. The van der Waals surface area contributed by atoms with Crippen molar-refractivity contribution in [3.05, 3.63) is 40.1 Å². The van der Waals surface area contributed by atoms with Crippen molar-refractivity contribution >= 4 is 23.2 Å². The van der Waals surface area contributed by atoms with Gasteiger partial charge >= 0.3 is 0 Å². The Bertz CT molecular complexity index is 1260. The fourth-order valence-corrected chi connectivity index (χ4v) is 3.37. The van der Waals surface area contributed by atoms with E-state index in [-0.39, 0.29) is 22.9 Å². The highest BCUT2D eigenvalue weighted by Gasteiger charge is 2.30. The number of fused-ring (bicyclic) bond motifs is 1. The molecule has 0 bridgehead atoms. The van der Waals surface area contributed by atoms with Crippen molar-refractivity contribution < 1.29 is 15.0 Å². The second-order valence-corrected chi connectivity index (χ2v) is 10.2. The first-order valence-electron chi connectivity index (χ1n) is 10.8. The molecule has 0 saturated heterocycles. The molecule has 1 saturated carbocycles. The van der Waals surface area contributed by atoms with Gasteiger partial charge in [-0.3, -0.25) is 19.1 Å². The number of rotatable bonds is 6. The SMILES string of the molecule is CC(C)(C)Cn1c(O)c(C(=O)NC2CC2)c(=O)n2nc(Nc3cnc(C(C)(C)O)cn3)cc12. The van der Waals surface area contributed by atoms with E-state index < -0.39 is 17.1 Å². The summed E-state index contributed by atoms with van der Waals surface area (Å²) in [6.45, 7) is 9.53. The van der Waals surface area contributed by atoms with Gasteiger partial charge in [0.2, 0.25) is 5.88 Å². The van der Waals surface area contributed by atoms with Crippen LogP contribution in [0.15, 0.2) is 23.3 Å². The summed E-state index contributed by atoms with van der Waals surface area (Å²) < 4.78 is 2.62. The Kier molecular flexibility index (Phi) is 5.39. The van der Waals surface area contributed by atoms with Gasteiger partial charge in [0.1, 0.15) is 17.1 Å². The first kappa shape index (κ1) is 22.7. The number of hydrogen-bond acceptors (Lipinski definition) is 8. The lowest BCUT2D eigenvalue weighted by Gasteiger charge is -2.23. The Morgan fingerprint density at radius 2 is 1.85 bits per heavy atom. The highest BCUT2D eigenvalue weighted by atomic mass is 16.3. The van der Waals surface area contributed by atoms with Crippen LogP contribution in [0.5, 0.6) is 5.88 Å². The summed E-state index contributed by atoms with van der Waals surface area (Å²) in [5.74, 6) is -0.347. The molecule has 0 aliphatic heterocycles. The van der Waals surface area contributed by atoms with E-state index in [0.29, 0.717) is 29.5 Å². The predicted octanol–water partition coefficient (Wildman–Crippen LogP) is 1.90. The molecule has 0 unspecified atom stereocenters. The van der Waals surface area contributed by atoms with Gasteiger partial charge in [0, 0.05) is 18.7 Å². The molecular weight excluding hydrogens is 426 g/mol. The van der Waals surface area contributed by atoms with Gasteiger partial charge in [0.05, 0.1) is 18.1 Å². The van der Waals surface area contributed by atoms with Gasteiger partial charge < -0.3 is 20.8 Å². The van der Waals surface area contributed by atoms with Crippen LogP contribution >= 0.6 is 0 Å². The maximum Gasteiger partial charge on any atom is 0.291 e. The molecule has 11 heteroatoms. The van der Waals surface area contributed by atoms with Gasteiger partial charge in [0.15, 0.2) is 11.4 Å². The van der Waals surface area contributed by atoms with Crippen LogP contribution in [0.3, 0.4) is 0 Å². The smallest absolute Gasteiger partial charge is 0.291 e. The zero-order valence-corrected chi connectivity index (χ0v) is 19.4. The normalized spacial score (nSPS) is 14.5. The molecule has 4 N–H and O–H groups in total. The Balaban J connectivity index is 1.77. The predicted molar refractivity (Wildman–Crippen MR) is 122 cm³/mol. The maximum atomic E-state index is 13.1. The Hall–Kier alpha value is -3.47. The largest absolute Gasteiger partial charge is 0.494 e. The van der Waals surface area contributed by atoms with E-state index in [1.807, 2.05) is 20.8 Å². The zero-order valence-electron chi connectivity index (χ0n) is 19.4. The molecule has 3 aromatic heterocycles. The van der Waals surface area contributed by atoms with Gasteiger partial charge in [-0.05, 0) is 32.1 Å². The molecule has 3 aromatic rings. The lowest BCUT2D eigenvalue weighted by molar-refractivity contribution is 0.0734. The highest BCUT2D eigenvalue weighted by Crippen LogP contribution is 2.27. The summed E-state index contributed by atoms with van der Waals surface area (Å²) in [7, 11) is 0. The molecule has 1 aliphatic rings. The van der Waals surface area contributed by atoms with E-state index in [2.05, 4.69) is 25.7 Å². The maximum absolute atomic E-state index is 13.1. The number of aromatic hydroxyl groups is 1. The summed E-state index contributed by atoms with van der Waals surface area (Å²) >= 11 is 0. The lowest BCUT2D eigenvalue weighted by atomic mass is 9.96. The van der Waals surface area contributed by atoms with Gasteiger partial charge in [-0.2, -0.15) is 4.52 Å². The minimum atomic E-state index is -1.13. The fourth-order valence-electron chi connectivity index (χ4n) is 3.37. The summed E-state index contributed by atoms with van der Waals surface area (Å²) in [6.07, 6.45) is 4.61. The van der Waals surface area contributed by atoms with Gasteiger partial charge in [-0.15, -0.1) is 5.10 Å². The van der Waals surface area contributed by atoms with Gasteiger partial charge in [0.25, 0.3) is 11.5 Å². The van der Waals surface area contributed by atoms with Crippen LogP contribution in [0.2, 0.25) is 0 Å². The van der Waals surface area contributed by atoms with Crippen molar-refractivity contribution in [2.24, 2.45) is 5.41 Å². The van der Waals surface area contributed by atoms with E-state index in [9.17, 15) is 19.8 Å². The second kappa shape index (κ2) is 7.84. The molecule has 0 radical (unpaired) electrons. The van der Waals surface area contributed by atoms with E-state index in [4.69, 9.17) is 0 Å². The minimum Gasteiger partial charge on any atom is -0.494 e. The van der Waals surface area contributed by atoms with Crippen molar-refractivity contribution in [2.45, 2.75) is 65.6 Å². The first-order valence-corrected chi connectivity index (χ1v) is 10.8. The quantitative estimate of drug-likeness (QED) is 0.441. The van der Waals surface area contributed by atoms with Crippen molar-refractivity contribution in [3.63, 3.8) is 0 Å². The number of anilines is 2. The number of nitrogens with zero attached hydrogens (tertiary/aromatic N) is 5. The Morgan fingerprint density at radius 1 is 1.15 bits per heavy atom. The van der Waals surface area contributed by atoms with Crippen LogP contribution in [0.25, 0.3) is 5.65 Å². The zero-order chi connectivity index (χ0) is 24.1. The first-order chi connectivity index (χ1) is 15.3. The van der Waals surface area contributed by atoms with Crippen LogP contribution in [0.4, 0.5) is 11.6 Å². The second-order valence-electron chi connectivity index (χ2n) is 10.2. The van der Waals surface area contributed by atoms with Gasteiger partial charge in [-0.1, -0.05) is 20.8 Å². The molecule has 1 amide bonds. The molecule has 4 rings (SSSR count). The molecule has 11 nitrogen and oxygen atoms in total. The standard InChI is InChI=1S/C22H29N7O4/c1-21(2,3)11-28-16-8-14(26-15-10-23-13(9-24-15)22(4,5)33)27-29(16)20(32)17(19(28)31)18(30)25-12-6-7-12/h8-10,12,31,33H,6-7,11H2,1-5H3,(H,25,30)(H,24,26,27). The third kappa shape index (κ3) is 4.82. The number of nitrogens with one attached hydrogen (secondary N) is 2. The van der Waals surface area contributed by atoms with Crippen LogP contribution < -0.4 is 16.2 Å². The molecule has 33 heavy (non-hydrogen) atoms. The molecular formula is C22H29N7O4. The average Bonchev–Trinajstić information content (AvgIpc) is 3.40. The van der Waals surface area contributed by atoms with Crippen molar-refractivity contribution in [3.8, 4) is 5.88 Å². The molecule has 0 aromatic carbocycles. The molecule has 1 aliphatic carbocycles. The summed E-state index contributed by atoms with van der Waals surface area (Å²) in [5, 5.41) is 31.0. The highest BCUT2D eigenvalue weighted by molar-refractivity contribution is 5.96. The van der Waals surface area contributed by atoms with Crippen molar-refractivity contribution in [2.75, 3.05) is 5.32 Å². The van der Waals surface area contributed by atoms with E-state index in [1.54, 1.807) is 19.9 Å². The van der Waals surface area contributed by atoms with Crippen molar-refractivity contribution in [1.29, 1.82) is 0 Å². The molecule has 1 fully saturated rings. The summed E-state index contributed by atoms with van der Waals surface area (Å²) in [4.78, 5) is 34.3. The molecule has 176 valence electrons. The summed E-state index contributed by atoms with van der Waals surface area (Å²) in [5.41, 5.74) is -1.68. The Morgan fingerprint density at radius 3 is 2.39 bits per heavy atom. The lowest BCUT2D eigenvalue weighted by Crippen LogP contribution is -2.35. The van der Waals surface area contributed by atoms with E-state index in [1.165, 1.54) is 17.0 Å². The fraction of sp³-hybridized carbons (Fsp3) is 0.500.